The van der Waals surface area contributed by atoms with E-state index in [4.69, 9.17) is 4.74 Å². The van der Waals surface area contributed by atoms with Gasteiger partial charge >= 0.3 is 0 Å². The Balaban J connectivity index is 2.03. The first-order chi connectivity index (χ1) is 9.36. The van der Waals surface area contributed by atoms with Crippen molar-refractivity contribution in [1.82, 2.24) is 5.32 Å². The number of hydrogen-bond donors (Lipinski definition) is 1. The summed E-state index contributed by atoms with van der Waals surface area (Å²) in [5, 5.41) is 3.11. The summed E-state index contributed by atoms with van der Waals surface area (Å²) in [6.45, 7) is 6.99. The predicted octanol–water partition coefficient (Wildman–Crippen LogP) is 4.15. The van der Waals surface area contributed by atoms with Gasteiger partial charge in [-0.25, -0.2) is 0 Å². The molecule has 1 fully saturated rings. The van der Waals surface area contributed by atoms with Gasteiger partial charge < -0.3 is 10.1 Å². The van der Waals surface area contributed by atoms with Gasteiger partial charge in [0.2, 0.25) is 0 Å². The van der Waals surface area contributed by atoms with Crippen LogP contribution in [0.1, 0.15) is 37.6 Å². The Bertz CT molecular complexity index is 517. The quantitative estimate of drug-likeness (QED) is 0.818. The topological polar surface area (TPSA) is 38.3 Å². The van der Waals surface area contributed by atoms with E-state index < -0.39 is 0 Å². The Morgan fingerprint density at radius 3 is 2.70 bits per heavy atom. The predicted molar refractivity (Wildman–Crippen MR) is 86.9 cm³/mol. The monoisotopic (exact) mass is 403 g/mol. The fraction of sp³-hybridized carbons (Fsp3) is 0.533. The van der Waals surface area contributed by atoms with Crippen LogP contribution >= 0.6 is 31.9 Å². The van der Waals surface area contributed by atoms with Crippen molar-refractivity contribution >= 4 is 37.8 Å². The summed E-state index contributed by atoms with van der Waals surface area (Å²) in [5.41, 5.74) is 0.636. The fourth-order valence-electron chi connectivity index (χ4n) is 2.52. The van der Waals surface area contributed by atoms with Crippen LogP contribution in [0.25, 0.3) is 0 Å². The average molecular weight is 405 g/mol. The molecule has 20 heavy (non-hydrogen) atoms. The summed E-state index contributed by atoms with van der Waals surface area (Å²) in [6.07, 6.45) is 1.10. The van der Waals surface area contributed by atoms with Crippen molar-refractivity contribution in [2.75, 3.05) is 6.61 Å². The lowest BCUT2D eigenvalue weighted by molar-refractivity contribution is -0.111. The molecule has 2 rings (SSSR count). The lowest BCUT2D eigenvalue weighted by atomic mass is 9.64. The zero-order valence-corrected chi connectivity index (χ0v) is 15.0. The Morgan fingerprint density at radius 1 is 1.45 bits per heavy atom. The fourth-order valence-corrected chi connectivity index (χ4v) is 3.75. The van der Waals surface area contributed by atoms with Crippen molar-refractivity contribution in [3.05, 3.63) is 32.7 Å². The lowest BCUT2D eigenvalue weighted by Gasteiger charge is -2.51. The molecule has 1 aromatic rings. The first kappa shape index (κ1) is 16.0. The molecule has 0 saturated heterocycles. The van der Waals surface area contributed by atoms with Gasteiger partial charge in [-0.05, 0) is 47.5 Å². The number of halogens is 2. The van der Waals surface area contributed by atoms with Crippen LogP contribution in [-0.4, -0.2) is 24.7 Å². The molecule has 3 nitrogen and oxygen atoms in total. The number of rotatable bonds is 4. The van der Waals surface area contributed by atoms with E-state index in [0.29, 0.717) is 12.2 Å². The van der Waals surface area contributed by atoms with Crippen LogP contribution in [0.5, 0.6) is 0 Å². The van der Waals surface area contributed by atoms with Crippen LogP contribution in [0.4, 0.5) is 0 Å². The highest BCUT2D eigenvalue weighted by Crippen LogP contribution is 2.42. The van der Waals surface area contributed by atoms with Gasteiger partial charge in [0, 0.05) is 27.0 Å². The van der Waals surface area contributed by atoms with Gasteiger partial charge in [0.05, 0.1) is 11.7 Å². The number of carbonyl (C=O) groups is 1. The van der Waals surface area contributed by atoms with Crippen molar-refractivity contribution in [2.24, 2.45) is 5.41 Å². The van der Waals surface area contributed by atoms with Crippen molar-refractivity contribution in [2.45, 2.75) is 39.3 Å². The number of amides is 1. The van der Waals surface area contributed by atoms with E-state index in [1.807, 2.05) is 25.1 Å². The number of benzene rings is 1. The first-order valence-electron chi connectivity index (χ1n) is 6.73. The van der Waals surface area contributed by atoms with Crippen molar-refractivity contribution < 1.29 is 9.53 Å². The normalized spacial score (nSPS) is 24.1. The number of ether oxygens (including phenoxy) is 1. The second kappa shape index (κ2) is 6.16. The molecule has 1 N–H and O–H groups in total. The Hall–Kier alpha value is -0.390. The van der Waals surface area contributed by atoms with Crippen LogP contribution in [0.3, 0.4) is 0 Å². The zero-order valence-electron chi connectivity index (χ0n) is 11.9. The molecule has 110 valence electrons. The van der Waals surface area contributed by atoms with Crippen LogP contribution in [0, 0.1) is 5.41 Å². The Kier molecular flexibility index (Phi) is 4.92. The van der Waals surface area contributed by atoms with E-state index >= 15 is 0 Å². The molecule has 1 aliphatic rings. The molecule has 1 amide bonds. The largest absolute Gasteiger partial charge is 0.378 e. The standard InChI is InChI=1S/C15H19Br2NO2/c1-4-20-13-8-12(15(13,2)3)18-14(19)10-6-5-9(16)7-11(10)17/h5-7,12-13H,4,8H2,1-3H3,(H,18,19). The summed E-state index contributed by atoms with van der Waals surface area (Å²) in [7, 11) is 0. The Labute approximate surface area is 136 Å². The molecule has 0 radical (unpaired) electrons. The first-order valence-corrected chi connectivity index (χ1v) is 8.32. The molecule has 0 bridgehead atoms. The maximum Gasteiger partial charge on any atom is 0.252 e. The highest BCUT2D eigenvalue weighted by Gasteiger charge is 2.49. The minimum absolute atomic E-state index is 0.0203. The molecule has 1 saturated carbocycles. The number of carbonyl (C=O) groups excluding carboxylic acids is 1. The second-order valence-corrected chi connectivity index (χ2v) is 7.42. The summed E-state index contributed by atoms with van der Waals surface area (Å²) in [4.78, 5) is 12.3. The SMILES string of the molecule is CCOC1CC(NC(=O)c2ccc(Br)cc2Br)C1(C)C. The smallest absolute Gasteiger partial charge is 0.252 e. The number of hydrogen-bond acceptors (Lipinski definition) is 2. The van der Waals surface area contributed by atoms with Gasteiger partial charge in [-0.15, -0.1) is 0 Å². The van der Waals surface area contributed by atoms with E-state index in [0.717, 1.165) is 15.4 Å². The average Bonchev–Trinajstić information content (AvgIpc) is 2.37. The maximum atomic E-state index is 12.3. The Morgan fingerprint density at radius 2 is 2.15 bits per heavy atom. The zero-order chi connectivity index (χ0) is 14.9. The molecule has 0 aromatic heterocycles. The van der Waals surface area contributed by atoms with E-state index in [1.165, 1.54) is 0 Å². The van der Waals surface area contributed by atoms with Crippen LogP contribution in [0.2, 0.25) is 0 Å². The van der Waals surface area contributed by atoms with Gasteiger partial charge in [0.15, 0.2) is 0 Å². The molecular weight excluding hydrogens is 386 g/mol. The van der Waals surface area contributed by atoms with Crippen LogP contribution in [-0.2, 0) is 4.74 Å². The molecule has 2 unspecified atom stereocenters. The lowest BCUT2D eigenvalue weighted by Crippen LogP contribution is -2.62. The van der Waals surface area contributed by atoms with Crippen molar-refractivity contribution in [1.29, 1.82) is 0 Å². The third-order valence-corrected chi connectivity index (χ3v) is 5.18. The summed E-state index contributed by atoms with van der Waals surface area (Å²) in [6, 6.07) is 5.72. The highest BCUT2D eigenvalue weighted by molar-refractivity contribution is 9.11. The molecule has 5 heteroatoms. The third-order valence-electron chi connectivity index (χ3n) is 4.03. The van der Waals surface area contributed by atoms with Gasteiger partial charge in [0.25, 0.3) is 5.91 Å². The van der Waals surface area contributed by atoms with E-state index in [9.17, 15) is 4.79 Å². The minimum Gasteiger partial charge on any atom is -0.378 e. The third kappa shape index (κ3) is 3.10. The van der Waals surface area contributed by atoms with E-state index in [2.05, 4.69) is 51.0 Å². The molecular formula is C15H19Br2NO2. The van der Waals surface area contributed by atoms with Gasteiger partial charge in [-0.2, -0.15) is 0 Å². The molecule has 2 atom stereocenters. The number of nitrogens with one attached hydrogen (secondary N) is 1. The summed E-state index contributed by atoms with van der Waals surface area (Å²) < 4.78 is 7.42. The van der Waals surface area contributed by atoms with E-state index in [1.54, 1.807) is 0 Å². The van der Waals surface area contributed by atoms with Crippen molar-refractivity contribution in [3.8, 4) is 0 Å². The van der Waals surface area contributed by atoms with Crippen molar-refractivity contribution in [3.63, 3.8) is 0 Å². The van der Waals surface area contributed by atoms with Crippen LogP contribution < -0.4 is 5.32 Å². The maximum absolute atomic E-state index is 12.3. The highest BCUT2D eigenvalue weighted by atomic mass is 79.9. The molecule has 0 aliphatic heterocycles. The van der Waals surface area contributed by atoms with Gasteiger partial charge in [-0.3, -0.25) is 4.79 Å². The van der Waals surface area contributed by atoms with Crippen LogP contribution in [0.15, 0.2) is 27.1 Å². The van der Waals surface area contributed by atoms with Gasteiger partial charge in [0.1, 0.15) is 0 Å². The second-order valence-electron chi connectivity index (χ2n) is 5.65. The van der Waals surface area contributed by atoms with E-state index in [-0.39, 0.29) is 23.5 Å². The molecule has 0 heterocycles. The summed E-state index contributed by atoms with van der Waals surface area (Å²) >= 11 is 6.81. The van der Waals surface area contributed by atoms with Gasteiger partial charge in [-0.1, -0.05) is 29.8 Å². The minimum atomic E-state index is -0.0441. The molecule has 0 spiro atoms. The summed E-state index contributed by atoms with van der Waals surface area (Å²) in [5.74, 6) is -0.0441. The molecule has 1 aliphatic carbocycles. The molecule has 1 aromatic carbocycles.